The number of carbonyl (C=O) groups excluding carboxylic acids is 2. The summed E-state index contributed by atoms with van der Waals surface area (Å²) in [5, 5.41) is 18.6. The van der Waals surface area contributed by atoms with Crippen LogP contribution in [0.4, 0.5) is 5.69 Å². The minimum absolute atomic E-state index is 0.107. The third-order valence-electron chi connectivity index (χ3n) is 6.76. The average molecular weight is 510 g/mol. The highest BCUT2D eigenvalue weighted by atomic mass is 35.5. The van der Waals surface area contributed by atoms with Crippen molar-refractivity contribution in [2.24, 2.45) is 5.92 Å². The van der Waals surface area contributed by atoms with Crippen molar-refractivity contribution in [3.05, 3.63) is 63.7 Å². The van der Waals surface area contributed by atoms with Gasteiger partial charge in [-0.05, 0) is 62.3 Å². The van der Waals surface area contributed by atoms with E-state index in [0.29, 0.717) is 27.7 Å². The van der Waals surface area contributed by atoms with Gasteiger partial charge in [-0.15, -0.1) is 0 Å². The molecule has 0 saturated heterocycles. The number of H-pyrrole nitrogens is 1. The second kappa shape index (κ2) is 8.07. The standard InChI is InChI=1S/C24H21Cl2N7O2/c1-12-9-13-11-28-31-20(13)18(23(35)30-24(6-7-24)14-4-5-14)19(12)29-22(34)16-10-17(26)32-33(16)21-15(25)3-2-8-27-21/h2-3,8-11,14H,4-7H2,1H3,(H,28,31)(H,29,34)(H,30,35). The molecule has 0 radical (unpaired) electrons. The number of rotatable bonds is 6. The summed E-state index contributed by atoms with van der Waals surface area (Å²) in [6.45, 7) is 1.84. The SMILES string of the molecule is Cc1cc2cn[nH]c2c(C(=O)NC2(C3CC3)CC2)c1NC(=O)c1cc(Cl)nn1-c1ncccc1Cl. The lowest BCUT2D eigenvalue weighted by atomic mass is 10.0. The second-order valence-electron chi connectivity index (χ2n) is 9.19. The molecule has 2 aliphatic rings. The minimum atomic E-state index is -0.509. The van der Waals surface area contributed by atoms with Crippen molar-refractivity contribution in [1.82, 2.24) is 30.3 Å². The number of aromatic nitrogens is 5. The molecule has 2 fully saturated rings. The molecule has 2 saturated carbocycles. The van der Waals surface area contributed by atoms with E-state index in [1.165, 1.54) is 10.7 Å². The summed E-state index contributed by atoms with van der Waals surface area (Å²) in [4.78, 5) is 31.3. The third kappa shape index (κ3) is 3.84. The highest BCUT2D eigenvalue weighted by Crippen LogP contribution is 2.54. The molecule has 4 aromatic rings. The molecule has 0 aliphatic heterocycles. The lowest BCUT2D eigenvalue weighted by Crippen LogP contribution is -2.39. The maximum atomic E-state index is 13.6. The van der Waals surface area contributed by atoms with Gasteiger partial charge in [0, 0.05) is 23.2 Å². The summed E-state index contributed by atoms with van der Waals surface area (Å²) >= 11 is 12.4. The number of amides is 2. The Morgan fingerprint density at radius 3 is 2.71 bits per heavy atom. The number of benzene rings is 1. The van der Waals surface area contributed by atoms with E-state index >= 15 is 0 Å². The molecule has 0 spiro atoms. The molecular weight excluding hydrogens is 489 g/mol. The fourth-order valence-corrected chi connectivity index (χ4v) is 5.08. The fourth-order valence-electron chi connectivity index (χ4n) is 4.70. The summed E-state index contributed by atoms with van der Waals surface area (Å²) in [6, 6.07) is 6.63. The minimum Gasteiger partial charge on any atom is -0.346 e. The number of aromatic amines is 1. The molecule has 2 aliphatic carbocycles. The zero-order valence-corrected chi connectivity index (χ0v) is 20.2. The number of nitrogens with one attached hydrogen (secondary N) is 3. The molecule has 6 rings (SSSR count). The van der Waals surface area contributed by atoms with Crippen molar-refractivity contribution in [2.45, 2.75) is 38.1 Å². The van der Waals surface area contributed by atoms with Gasteiger partial charge in [0.15, 0.2) is 11.0 Å². The van der Waals surface area contributed by atoms with Crippen LogP contribution in [-0.4, -0.2) is 42.3 Å². The number of carbonyl (C=O) groups is 2. The van der Waals surface area contributed by atoms with Crippen molar-refractivity contribution < 1.29 is 9.59 Å². The number of nitrogens with zero attached hydrogens (tertiary/aromatic N) is 4. The van der Waals surface area contributed by atoms with Crippen molar-refractivity contribution >= 4 is 51.6 Å². The van der Waals surface area contributed by atoms with Gasteiger partial charge in [-0.3, -0.25) is 14.7 Å². The zero-order chi connectivity index (χ0) is 24.3. The first-order valence-corrected chi connectivity index (χ1v) is 12.1. The predicted molar refractivity (Wildman–Crippen MR) is 132 cm³/mol. The van der Waals surface area contributed by atoms with Crippen LogP contribution >= 0.6 is 23.2 Å². The molecule has 3 aromatic heterocycles. The van der Waals surface area contributed by atoms with E-state index in [9.17, 15) is 9.59 Å². The summed E-state index contributed by atoms with van der Waals surface area (Å²) in [6.07, 6.45) is 7.44. The Labute approximate surface area is 210 Å². The fraction of sp³-hybridized carbons (Fsp3) is 0.292. The molecule has 11 heteroatoms. The molecule has 1 aromatic carbocycles. The van der Waals surface area contributed by atoms with E-state index in [0.717, 1.165) is 36.6 Å². The maximum Gasteiger partial charge on any atom is 0.274 e. The Hall–Kier alpha value is -3.43. The van der Waals surface area contributed by atoms with Gasteiger partial charge in [0.1, 0.15) is 5.69 Å². The van der Waals surface area contributed by atoms with Crippen LogP contribution in [0.3, 0.4) is 0 Å². The van der Waals surface area contributed by atoms with Crippen LogP contribution in [0.1, 0.15) is 52.1 Å². The zero-order valence-electron chi connectivity index (χ0n) is 18.7. The molecule has 0 bridgehead atoms. The summed E-state index contributed by atoms with van der Waals surface area (Å²) in [7, 11) is 0. The van der Waals surface area contributed by atoms with E-state index in [2.05, 4.69) is 30.9 Å². The molecule has 0 unspecified atom stereocenters. The van der Waals surface area contributed by atoms with E-state index in [-0.39, 0.29) is 28.1 Å². The molecule has 3 N–H and O–H groups in total. The Balaban J connectivity index is 1.40. The molecule has 0 atom stereocenters. The highest BCUT2D eigenvalue weighted by molar-refractivity contribution is 6.32. The van der Waals surface area contributed by atoms with Gasteiger partial charge in [-0.1, -0.05) is 23.2 Å². The van der Waals surface area contributed by atoms with Crippen LogP contribution in [0.25, 0.3) is 16.7 Å². The lowest BCUT2D eigenvalue weighted by molar-refractivity contribution is 0.0928. The first kappa shape index (κ1) is 22.1. The van der Waals surface area contributed by atoms with Crippen molar-refractivity contribution in [1.29, 1.82) is 0 Å². The number of hydrogen-bond acceptors (Lipinski definition) is 5. The highest BCUT2D eigenvalue weighted by Gasteiger charge is 2.55. The van der Waals surface area contributed by atoms with Gasteiger partial charge in [-0.25, -0.2) is 9.67 Å². The normalized spacial score (nSPS) is 16.3. The second-order valence-corrected chi connectivity index (χ2v) is 9.98. The van der Waals surface area contributed by atoms with Gasteiger partial charge in [0.25, 0.3) is 11.8 Å². The number of halogens is 2. The smallest absolute Gasteiger partial charge is 0.274 e. The first-order chi connectivity index (χ1) is 16.9. The van der Waals surface area contributed by atoms with E-state index in [1.807, 2.05) is 13.0 Å². The summed E-state index contributed by atoms with van der Waals surface area (Å²) in [5.41, 5.74) is 2.03. The molecular formula is C24H21Cl2N7O2. The monoisotopic (exact) mass is 509 g/mol. The maximum absolute atomic E-state index is 13.6. The molecule has 178 valence electrons. The van der Waals surface area contributed by atoms with Crippen molar-refractivity contribution in [3.63, 3.8) is 0 Å². The molecule has 2 amide bonds. The Bertz CT molecular complexity index is 1500. The predicted octanol–water partition coefficient (Wildman–Crippen LogP) is 4.68. The van der Waals surface area contributed by atoms with E-state index in [1.54, 1.807) is 24.5 Å². The summed E-state index contributed by atoms with van der Waals surface area (Å²) < 4.78 is 1.29. The van der Waals surface area contributed by atoms with Crippen LogP contribution in [0, 0.1) is 12.8 Å². The quantitative estimate of drug-likeness (QED) is 0.348. The molecule has 3 heterocycles. The Morgan fingerprint density at radius 1 is 1.20 bits per heavy atom. The van der Waals surface area contributed by atoms with Gasteiger partial charge in [0.05, 0.1) is 28.0 Å². The Kier molecular flexibility index (Phi) is 5.08. The number of fused-ring (bicyclic) bond motifs is 1. The number of hydrogen-bond donors (Lipinski definition) is 3. The van der Waals surface area contributed by atoms with Gasteiger partial charge < -0.3 is 10.6 Å². The van der Waals surface area contributed by atoms with Gasteiger partial charge in [0.2, 0.25) is 0 Å². The number of anilines is 1. The van der Waals surface area contributed by atoms with Crippen LogP contribution in [0.15, 0.2) is 36.7 Å². The third-order valence-corrected chi connectivity index (χ3v) is 7.24. The molecule has 35 heavy (non-hydrogen) atoms. The van der Waals surface area contributed by atoms with Crippen LogP contribution in [-0.2, 0) is 0 Å². The van der Waals surface area contributed by atoms with E-state index < -0.39 is 5.91 Å². The average Bonchev–Trinajstić information content (AvgIpc) is 3.73. The largest absolute Gasteiger partial charge is 0.346 e. The Morgan fingerprint density at radius 2 is 2.00 bits per heavy atom. The summed E-state index contributed by atoms with van der Waals surface area (Å²) in [5.74, 6) is 0.0589. The van der Waals surface area contributed by atoms with Crippen molar-refractivity contribution in [2.75, 3.05) is 5.32 Å². The topological polar surface area (TPSA) is 118 Å². The van der Waals surface area contributed by atoms with E-state index in [4.69, 9.17) is 23.2 Å². The van der Waals surface area contributed by atoms with Crippen LogP contribution in [0.5, 0.6) is 0 Å². The molecule has 9 nitrogen and oxygen atoms in total. The number of aryl methyl sites for hydroxylation is 1. The van der Waals surface area contributed by atoms with Crippen LogP contribution < -0.4 is 10.6 Å². The lowest BCUT2D eigenvalue weighted by Gasteiger charge is -2.20. The van der Waals surface area contributed by atoms with Gasteiger partial charge >= 0.3 is 0 Å². The van der Waals surface area contributed by atoms with Gasteiger partial charge in [-0.2, -0.15) is 10.2 Å². The number of pyridine rings is 1. The first-order valence-electron chi connectivity index (χ1n) is 11.3. The van der Waals surface area contributed by atoms with Crippen molar-refractivity contribution in [3.8, 4) is 5.82 Å². The van der Waals surface area contributed by atoms with Crippen LogP contribution in [0.2, 0.25) is 10.2 Å².